The van der Waals surface area contributed by atoms with Crippen LogP contribution in [-0.4, -0.2) is 54.1 Å². The number of amides is 1. The molecular weight excluding hydrogens is 268 g/mol. The number of carbonyl (C=O) groups excluding carboxylic acids is 1. The van der Waals surface area contributed by atoms with Crippen LogP contribution in [0.3, 0.4) is 0 Å². The Kier molecular flexibility index (Phi) is 3.47. The maximum Gasteiger partial charge on any atom is 0.252 e. The van der Waals surface area contributed by atoms with Crippen molar-refractivity contribution in [1.82, 2.24) is 9.80 Å². The molecule has 3 fully saturated rings. The Morgan fingerprint density at radius 2 is 2.29 bits per heavy atom. The molecule has 21 heavy (non-hydrogen) atoms. The highest BCUT2D eigenvalue weighted by atomic mass is 16.5. The Morgan fingerprint density at radius 3 is 3.05 bits per heavy atom. The van der Waals surface area contributed by atoms with Crippen molar-refractivity contribution in [2.75, 3.05) is 26.2 Å². The summed E-state index contributed by atoms with van der Waals surface area (Å²) in [6.07, 6.45) is 6.43. The molecule has 4 heterocycles. The van der Waals surface area contributed by atoms with E-state index < -0.39 is 0 Å². The molecule has 1 aromatic rings. The number of hydrogen-bond donors (Lipinski definition) is 0. The lowest BCUT2D eigenvalue weighted by Gasteiger charge is -2.33. The minimum absolute atomic E-state index is 0.174. The SMILES string of the molecule is O=C([C@H]1CCCO1)N1C[C@H]2C[C@H]1CN(Cc1ccoc1)C2. The summed E-state index contributed by atoms with van der Waals surface area (Å²) >= 11 is 0. The van der Waals surface area contributed by atoms with Crippen LogP contribution in [0.5, 0.6) is 0 Å². The summed E-state index contributed by atoms with van der Waals surface area (Å²) in [5.74, 6) is 0.839. The third-order valence-electron chi connectivity index (χ3n) is 4.96. The Hall–Kier alpha value is -1.33. The summed E-state index contributed by atoms with van der Waals surface area (Å²) in [7, 11) is 0. The Bertz CT molecular complexity index is 496. The molecule has 3 aliphatic rings. The number of ether oxygens (including phenoxy) is 1. The second-order valence-electron chi connectivity index (χ2n) is 6.57. The summed E-state index contributed by atoms with van der Waals surface area (Å²) in [5, 5.41) is 0. The zero-order valence-corrected chi connectivity index (χ0v) is 12.2. The van der Waals surface area contributed by atoms with Crippen molar-refractivity contribution in [3.63, 3.8) is 0 Å². The molecule has 5 nitrogen and oxygen atoms in total. The summed E-state index contributed by atoms with van der Waals surface area (Å²) in [6, 6.07) is 2.39. The first-order valence-electron chi connectivity index (χ1n) is 7.95. The third kappa shape index (κ3) is 2.60. The van der Waals surface area contributed by atoms with Crippen molar-refractivity contribution in [1.29, 1.82) is 0 Å². The molecule has 3 saturated heterocycles. The van der Waals surface area contributed by atoms with Crippen LogP contribution in [-0.2, 0) is 16.1 Å². The summed E-state index contributed by atoms with van der Waals surface area (Å²) in [4.78, 5) is 17.1. The van der Waals surface area contributed by atoms with Crippen molar-refractivity contribution in [2.45, 2.75) is 38.0 Å². The summed E-state index contributed by atoms with van der Waals surface area (Å²) in [6.45, 7) is 4.62. The molecule has 114 valence electrons. The standard InChI is InChI=1S/C16H22N2O3/c19-16(15-2-1-4-21-15)18-9-13-6-14(18)10-17(8-13)7-12-3-5-20-11-12/h3,5,11,13-15H,1-2,4,6-10H2/t13-,14-,15+/m0/s1. The van der Waals surface area contributed by atoms with Gasteiger partial charge < -0.3 is 14.1 Å². The van der Waals surface area contributed by atoms with Gasteiger partial charge in [0.05, 0.1) is 12.5 Å². The molecule has 4 rings (SSSR count). The zero-order chi connectivity index (χ0) is 14.2. The molecule has 0 saturated carbocycles. The molecule has 3 atom stereocenters. The first kappa shape index (κ1) is 13.3. The molecule has 0 spiro atoms. The van der Waals surface area contributed by atoms with Gasteiger partial charge in [-0.15, -0.1) is 0 Å². The molecule has 0 aromatic carbocycles. The first-order chi connectivity index (χ1) is 10.3. The van der Waals surface area contributed by atoms with Crippen LogP contribution in [0, 0.1) is 5.92 Å². The molecule has 2 bridgehead atoms. The highest BCUT2D eigenvalue weighted by Gasteiger charge is 2.43. The Morgan fingerprint density at radius 1 is 1.33 bits per heavy atom. The van der Waals surface area contributed by atoms with Crippen LogP contribution in [0.4, 0.5) is 0 Å². The molecule has 1 amide bonds. The first-order valence-corrected chi connectivity index (χ1v) is 7.95. The zero-order valence-electron chi connectivity index (χ0n) is 12.2. The molecule has 0 aliphatic carbocycles. The predicted octanol–water partition coefficient (Wildman–Crippen LogP) is 1.49. The van der Waals surface area contributed by atoms with Gasteiger partial charge in [-0.1, -0.05) is 0 Å². The van der Waals surface area contributed by atoms with Crippen molar-refractivity contribution < 1.29 is 13.9 Å². The fourth-order valence-corrected chi connectivity index (χ4v) is 4.05. The van der Waals surface area contributed by atoms with Gasteiger partial charge >= 0.3 is 0 Å². The topological polar surface area (TPSA) is 45.9 Å². The third-order valence-corrected chi connectivity index (χ3v) is 4.96. The number of rotatable bonds is 3. The van der Waals surface area contributed by atoms with E-state index in [1.807, 2.05) is 12.3 Å². The van der Waals surface area contributed by atoms with Gasteiger partial charge in [-0.05, 0) is 31.2 Å². The number of furan rings is 1. The number of nitrogens with zero attached hydrogens (tertiary/aromatic N) is 2. The number of likely N-dealkylation sites (tertiary alicyclic amines) is 2. The molecule has 1 aromatic heterocycles. The monoisotopic (exact) mass is 290 g/mol. The minimum Gasteiger partial charge on any atom is -0.472 e. The average molecular weight is 290 g/mol. The number of carbonyl (C=O) groups is 1. The van der Waals surface area contributed by atoms with Gasteiger partial charge in [0, 0.05) is 44.4 Å². The minimum atomic E-state index is -0.174. The van der Waals surface area contributed by atoms with E-state index in [1.54, 1.807) is 6.26 Å². The average Bonchev–Trinajstić information content (AvgIpc) is 3.19. The normalized spacial score (nSPS) is 32.8. The highest BCUT2D eigenvalue weighted by molar-refractivity contribution is 5.81. The van der Waals surface area contributed by atoms with E-state index in [2.05, 4.69) is 9.80 Å². The van der Waals surface area contributed by atoms with Crippen LogP contribution < -0.4 is 0 Å². The number of fused-ring (bicyclic) bond motifs is 2. The lowest BCUT2D eigenvalue weighted by molar-refractivity contribution is -0.141. The summed E-state index contributed by atoms with van der Waals surface area (Å²) < 4.78 is 10.7. The van der Waals surface area contributed by atoms with Gasteiger partial charge in [0.15, 0.2) is 0 Å². The van der Waals surface area contributed by atoms with Crippen LogP contribution in [0.1, 0.15) is 24.8 Å². The maximum absolute atomic E-state index is 12.6. The van der Waals surface area contributed by atoms with Crippen molar-refractivity contribution in [3.05, 3.63) is 24.2 Å². The lowest BCUT2D eigenvalue weighted by Crippen LogP contribution is -2.46. The fourth-order valence-electron chi connectivity index (χ4n) is 4.05. The summed E-state index contributed by atoms with van der Waals surface area (Å²) in [5.41, 5.74) is 1.22. The highest BCUT2D eigenvalue weighted by Crippen LogP contribution is 2.32. The van der Waals surface area contributed by atoms with Crippen molar-refractivity contribution in [3.8, 4) is 0 Å². The molecule has 5 heteroatoms. The van der Waals surface area contributed by atoms with Crippen LogP contribution in [0.2, 0.25) is 0 Å². The van der Waals surface area contributed by atoms with Gasteiger partial charge in [0.2, 0.25) is 0 Å². The van der Waals surface area contributed by atoms with E-state index in [0.717, 1.165) is 52.0 Å². The lowest BCUT2D eigenvalue weighted by atomic mass is 9.99. The van der Waals surface area contributed by atoms with Gasteiger partial charge in [0.25, 0.3) is 5.91 Å². The van der Waals surface area contributed by atoms with Crippen LogP contribution in [0.15, 0.2) is 23.0 Å². The van der Waals surface area contributed by atoms with E-state index >= 15 is 0 Å². The van der Waals surface area contributed by atoms with Gasteiger partial charge in [-0.3, -0.25) is 9.69 Å². The van der Waals surface area contributed by atoms with E-state index in [-0.39, 0.29) is 12.0 Å². The molecular formula is C16H22N2O3. The van der Waals surface area contributed by atoms with E-state index in [1.165, 1.54) is 5.56 Å². The van der Waals surface area contributed by atoms with Gasteiger partial charge in [-0.2, -0.15) is 0 Å². The molecule has 0 N–H and O–H groups in total. The van der Waals surface area contributed by atoms with E-state index in [4.69, 9.17) is 9.15 Å². The fraction of sp³-hybridized carbons (Fsp3) is 0.688. The van der Waals surface area contributed by atoms with Crippen molar-refractivity contribution >= 4 is 5.91 Å². The number of piperidine rings is 1. The molecule has 3 aliphatic heterocycles. The van der Waals surface area contributed by atoms with E-state index in [9.17, 15) is 4.79 Å². The quantitative estimate of drug-likeness (QED) is 0.846. The second kappa shape index (κ2) is 5.46. The maximum atomic E-state index is 12.6. The molecule has 0 unspecified atom stereocenters. The smallest absolute Gasteiger partial charge is 0.252 e. The molecule has 0 radical (unpaired) electrons. The van der Waals surface area contributed by atoms with Gasteiger partial charge in [-0.25, -0.2) is 0 Å². The predicted molar refractivity (Wildman–Crippen MR) is 76.6 cm³/mol. The van der Waals surface area contributed by atoms with E-state index in [0.29, 0.717) is 12.0 Å². The number of hydrogen-bond acceptors (Lipinski definition) is 4. The Labute approximate surface area is 124 Å². The van der Waals surface area contributed by atoms with Crippen LogP contribution in [0.25, 0.3) is 0 Å². The second-order valence-corrected chi connectivity index (χ2v) is 6.57. The van der Waals surface area contributed by atoms with Crippen LogP contribution >= 0.6 is 0 Å². The van der Waals surface area contributed by atoms with Crippen molar-refractivity contribution in [2.24, 2.45) is 5.92 Å². The largest absolute Gasteiger partial charge is 0.472 e. The Balaban J connectivity index is 1.41. The van der Waals surface area contributed by atoms with Gasteiger partial charge in [0.1, 0.15) is 6.10 Å².